The van der Waals surface area contributed by atoms with E-state index in [1.165, 1.54) is 7.11 Å². The van der Waals surface area contributed by atoms with Gasteiger partial charge in [0, 0.05) is 6.42 Å². The summed E-state index contributed by atoms with van der Waals surface area (Å²) in [4.78, 5) is 16.4. The number of aliphatic hydroxyl groups excluding tert-OH is 1. The van der Waals surface area contributed by atoms with Gasteiger partial charge in [-0.3, -0.25) is 0 Å². The molecule has 160 valence electrons. The highest BCUT2D eigenvalue weighted by atomic mass is 35.5. The number of ether oxygens (including phenoxy) is 2. The summed E-state index contributed by atoms with van der Waals surface area (Å²) in [7, 11) is 1.37. The highest BCUT2D eigenvalue weighted by Gasteiger charge is 2.20. The molecule has 0 saturated carbocycles. The molecule has 0 aliphatic rings. The Morgan fingerprint density at radius 3 is 2.48 bits per heavy atom. The number of methoxy groups -OCH3 is 1. The van der Waals surface area contributed by atoms with Gasteiger partial charge in [-0.15, -0.1) is 0 Å². The summed E-state index contributed by atoms with van der Waals surface area (Å²) in [5, 5.41) is 9.96. The number of halogens is 1. The molecule has 1 N–H and O–H groups in total. The molecule has 1 aromatic carbocycles. The number of aliphatic hydroxyl groups is 1. The number of carbonyl (C=O) groups excluding carboxylic acids is 1. The fourth-order valence-corrected chi connectivity index (χ4v) is 3.34. The zero-order valence-corrected chi connectivity index (χ0v) is 18.2. The van der Waals surface area contributed by atoms with Crippen molar-refractivity contribution < 1.29 is 19.4 Å². The average molecular weight is 423 g/mol. The van der Waals surface area contributed by atoms with Crippen LogP contribution in [0.5, 0.6) is 5.75 Å². The number of carbonyl (C=O) groups is 1. The molecular formula is C22H31ClN2O4. The van der Waals surface area contributed by atoms with Gasteiger partial charge < -0.3 is 19.1 Å². The van der Waals surface area contributed by atoms with E-state index in [2.05, 4.69) is 18.8 Å². The highest BCUT2D eigenvalue weighted by Crippen LogP contribution is 2.23. The number of rotatable bonds is 12. The minimum atomic E-state index is -0.596. The van der Waals surface area contributed by atoms with E-state index in [4.69, 9.17) is 21.1 Å². The van der Waals surface area contributed by atoms with Crippen LogP contribution in [0.25, 0.3) is 0 Å². The number of nitrogens with zero attached hydrogens (tertiary/aromatic N) is 2. The average Bonchev–Trinajstić information content (AvgIpc) is 3.04. The van der Waals surface area contributed by atoms with Gasteiger partial charge in [-0.25, -0.2) is 9.78 Å². The van der Waals surface area contributed by atoms with Gasteiger partial charge in [-0.05, 0) is 37.0 Å². The molecule has 1 atom stereocenters. The van der Waals surface area contributed by atoms with Crippen molar-refractivity contribution in [3.63, 3.8) is 0 Å². The molecule has 2 aromatic rings. The van der Waals surface area contributed by atoms with E-state index in [0.29, 0.717) is 29.6 Å². The van der Waals surface area contributed by atoms with Crippen molar-refractivity contribution >= 4 is 17.6 Å². The number of unbranched alkanes of at least 4 members (excludes halogenated alkanes) is 2. The first-order valence-electron chi connectivity index (χ1n) is 10.2. The van der Waals surface area contributed by atoms with Crippen molar-refractivity contribution in [1.29, 1.82) is 0 Å². The smallest absolute Gasteiger partial charge is 0.347 e. The van der Waals surface area contributed by atoms with Crippen LogP contribution in [-0.4, -0.2) is 33.8 Å². The molecule has 0 aliphatic heterocycles. The second kappa shape index (κ2) is 11.8. The summed E-state index contributed by atoms with van der Waals surface area (Å²) in [5.41, 5.74) is 1.54. The Balaban J connectivity index is 2.12. The van der Waals surface area contributed by atoms with E-state index < -0.39 is 6.10 Å². The molecule has 0 spiro atoms. The van der Waals surface area contributed by atoms with E-state index in [1.807, 2.05) is 28.8 Å². The lowest BCUT2D eigenvalue weighted by molar-refractivity contribution is -0.149. The fraction of sp³-hybridized carbons (Fsp3) is 0.545. The van der Waals surface area contributed by atoms with Crippen molar-refractivity contribution in [3.05, 3.63) is 46.5 Å². The number of aromatic nitrogens is 2. The molecule has 29 heavy (non-hydrogen) atoms. The van der Waals surface area contributed by atoms with Crippen LogP contribution in [0.1, 0.15) is 63.0 Å². The molecular weight excluding hydrogens is 392 g/mol. The van der Waals surface area contributed by atoms with Crippen LogP contribution >= 0.6 is 11.6 Å². The second-order valence-electron chi connectivity index (χ2n) is 7.03. The Labute approximate surface area is 177 Å². The second-order valence-corrected chi connectivity index (χ2v) is 7.39. The SMILES string of the molecule is CCCCc1nc(CO)c(Cl)n1Cc1ccc(OC(CCCC)C(=O)OC)cc1. The van der Waals surface area contributed by atoms with E-state index in [0.717, 1.165) is 43.5 Å². The van der Waals surface area contributed by atoms with Crippen molar-refractivity contribution in [2.75, 3.05) is 7.11 Å². The third kappa shape index (κ3) is 6.47. The summed E-state index contributed by atoms with van der Waals surface area (Å²) < 4.78 is 12.6. The van der Waals surface area contributed by atoms with E-state index >= 15 is 0 Å². The van der Waals surface area contributed by atoms with Crippen LogP contribution in [0.15, 0.2) is 24.3 Å². The molecule has 2 rings (SSSR count). The lowest BCUT2D eigenvalue weighted by Crippen LogP contribution is -2.28. The minimum Gasteiger partial charge on any atom is -0.479 e. The highest BCUT2D eigenvalue weighted by molar-refractivity contribution is 6.30. The van der Waals surface area contributed by atoms with E-state index in [-0.39, 0.29) is 12.6 Å². The Hall–Kier alpha value is -2.05. The van der Waals surface area contributed by atoms with Crippen molar-refractivity contribution in [3.8, 4) is 5.75 Å². The first-order valence-corrected chi connectivity index (χ1v) is 10.6. The largest absolute Gasteiger partial charge is 0.479 e. The summed E-state index contributed by atoms with van der Waals surface area (Å²) in [6.45, 7) is 4.58. The molecule has 0 bridgehead atoms. The third-order valence-electron chi connectivity index (χ3n) is 4.78. The van der Waals surface area contributed by atoms with Crippen LogP contribution in [0, 0.1) is 0 Å². The molecule has 0 aliphatic carbocycles. The molecule has 1 unspecified atom stereocenters. The minimum absolute atomic E-state index is 0.176. The Kier molecular flexibility index (Phi) is 9.48. The van der Waals surface area contributed by atoms with Crippen LogP contribution in [0.4, 0.5) is 0 Å². The van der Waals surface area contributed by atoms with E-state index in [1.54, 1.807) is 0 Å². The van der Waals surface area contributed by atoms with Crippen LogP contribution < -0.4 is 4.74 Å². The lowest BCUT2D eigenvalue weighted by atomic mass is 10.1. The van der Waals surface area contributed by atoms with Crippen LogP contribution in [-0.2, 0) is 29.1 Å². The van der Waals surface area contributed by atoms with Crippen molar-refractivity contribution in [2.24, 2.45) is 0 Å². The molecule has 7 heteroatoms. The first-order chi connectivity index (χ1) is 14.0. The van der Waals surface area contributed by atoms with Gasteiger partial charge in [0.25, 0.3) is 0 Å². The third-order valence-corrected chi connectivity index (χ3v) is 5.20. The van der Waals surface area contributed by atoms with Crippen LogP contribution in [0.2, 0.25) is 5.15 Å². The summed E-state index contributed by atoms with van der Waals surface area (Å²) >= 11 is 6.42. The predicted molar refractivity (Wildman–Crippen MR) is 113 cm³/mol. The lowest BCUT2D eigenvalue weighted by Gasteiger charge is -2.17. The topological polar surface area (TPSA) is 73.6 Å². The van der Waals surface area contributed by atoms with Gasteiger partial charge in [0.2, 0.25) is 0 Å². The monoisotopic (exact) mass is 422 g/mol. The number of aryl methyl sites for hydroxylation is 1. The maximum Gasteiger partial charge on any atom is 0.347 e. The normalized spacial score (nSPS) is 12.0. The molecule has 1 aromatic heterocycles. The van der Waals surface area contributed by atoms with Gasteiger partial charge in [-0.2, -0.15) is 0 Å². The zero-order chi connectivity index (χ0) is 21.2. The number of imidazole rings is 1. The maximum absolute atomic E-state index is 11.9. The summed E-state index contributed by atoms with van der Waals surface area (Å²) in [5.74, 6) is 1.15. The van der Waals surface area contributed by atoms with Crippen molar-refractivity contribution in [2.45, 2.75) is 71.6 Å². The van der Waals surface area contributed by atoms with Gasteiger partial charge in [-0.1, -0.05) is 50.4 Å². The Morgan fingerprint density at radius 1 is 1.21 bits per heavy atom. The van der Waals surface area contributed by atoms with Gasteiger partial charge in [0.1, 0.15) is 22.4 Å². The number of hydrogen-bond donors (Lipinski definition) is 1. The molecule has 0 amide bonds. The predicted octanol–water partition coefficient (Wildman–Crippen LogP) is 4.53. The molecule has 0 fully saturated rings. The van der Waals surface area contributed by atoms with Gasteiger partial charge in [0.15, 0.2) is 6.10 Å². The Morgan fingerprint density at radius 2 is 1.90 bits per heavy atom. The van der Waals surface area contributed by atoms with Gasteiger partial charge >= 0.3 is 5.97 Å². The van der Waals surface area contributed by atoms with Crippen molar-refractivity contribution in [1.82, 2.24) is 9.55 Å². The number of esters is 1. The van der Waals surface area contributed by atoms with E-state index in [9.17, 15) is 9.90 Å². The zero-order valence-electron chi connectivity index (χ0n) is 17.5. The number of hydrogen-bond acceptors (Lipinski definition) is 5. The Bertz CT molecular complexity index is 774. The molecule has 6 nitrogen and oxygen atoms in total. The standard InChI is InChI=1S/C22H31ClN2O4/c1-4-6-8-19(22(27)28-3)29-17-12-10-16(11-13-17)14-25-20(9-7-5-2)24-18(15-26)21(25)23/h10-13,19,26H,4-9,14-15H2,1-3H3. The van der Waals surface area contributed by atoms with Gasteiger partial charge in [0.05, 0.1) is 20.3 Å². The van der Waals surface area contributed by atoms with Crippen LogP contribution in [0.3, 0.4) is 0 Å². The number of benzene rings is 1. The quantitative estimate of drug-likeness (QED) is 0.508. The summed E-state index contributed by atoms with van der Waals surface area (Å²) in [6, 6.07) is 7.59. The summed E-state index contributed by atoms with van der Waals surface area (Å²) in [6.07, 6.45) is 4.79. The first kappa shape index (κ1) is 23.2. The maximum atomic E-state index is 11.9. The molecule has 0 saturated heterocycles. The molecule has 1 heterocycles. The fourth-order valence-electron chi connectivity index (χ4n) is 3.08. The molecule has 0 radical (unpaired) electrons.